The van der Waals surface area contributed by atoms with Crippen molar-refractivity contribution in [3.05, 3.63) is 28.7 Å². The van der Waals surface area contributed by atoms with E-state index in [4.69, 9.17) is 5.11 Å². The van der Waals surface area contributed by atoms with Crippen molar-refractivity contribution >= 4 is 33.6 Å². The first-order valence-electron chi connectivity index (χ1n) is 5.72. The van der Waals surface area contributed by atoms with E-state index in [-0.39, 0.29) is 13.0 Å². The maximum atomic E-state index is 12.0. The van der Waals surface area contributed by atoms with Gasteiger partial charge in [0.1, 0.15) is 6.04 Å². The Morgan fingerprint density at radius 2 is 2.05 bits per heavy atom. The summed E-state index contributed by atoms with van der Waals surface area (Å²) < 4.78 is 0.704. The zero-order chi connectivity index (χ0) is 14.0. The number of amides is 2. The number of carboxylic acids is 1. The normalized spacial score (nSPS) is 22.3. The van der Waals surface area contributed by atoms with Gasteiger partial charge in [0.05, 0.1) is 11.8 Å². The summed E-state index contributed by atoms with van der Waals surface area (Å²) in [4.78, 5) is 24.2. The highest BCUT2D eigenvalue weighted by Gasteiger charge is 2.39. The number of nitrogens with zero attached hydrogens (tertiary/aromatic N) is 1. The van der Waals surface area contributed by atoms with E-state index in [1.807, 2.05) is 0 Å². The first kappa shape index (κ1) is 13.8. The fourth-order valence-electron chi connectivity index (χ4n) is 2.02. The quantitative estimate of drug-likeness (QED) is 0.767. The Labute approximate surface area is 118 Å². The third-order valence-electron chi connectivity index (χ3n) is 2.94. The summed E-state index contributed by atoms with van der Waals surface area (Å²) in [5, 5.41) is 21.1. The van der Waals surface area contributed by atoms with Crippen molar-refractivity contribution in [2.24, 2.45) is 0 Å². The molecule has 0 spiro atoms. The van der Waals surface area contributed by atoms with Crippen molar-refractivity contribution in [2.75, 3.05) is 11.9 Å². The number of aliphatic hydroxyl groups excluding tert-OH is 1. The third kappa shape index (κ3) is 3.05. The molecule has 1 saturated heterocycles. The van der Waals surface area contributed by atoms with Gasteiger partial charge in [0.2, 0.25) is 0 Å². The average Bonchev–Trinajstić information content (AvgIpc) is 2.74. The number of halogens is 1. The summed E-state index contributed by atoms with van der Waals surface area (Å²) in [7, 11) is 0. The number of urea groups is 1. The highest BCUT2D eigenvalue weighted by atomic mass is 79.9. The van der Waals surface area contributed by atoms with E-state index in [0.29, 0.717) is 10.2 Å². The lowest BCUT2D eigenvalue weighted by atomic mass is 10.2. The predicted octanol–water partition coefficient (Wildman–Crippen LogP) is 1.50. The monoisotopic (exact) mass is 328 g/mol. The van der Waals surface area contributed by atoms with Gasteiger partial charge in [0, 0.05) is 17.4 Å². The molecule has 2 atom stereocenters. The summed E-state index contributed by atoms with van der Waals surface area (Å²) in [5.41, 5.74) is 0.554. The molecule has 1 aliphatic rings. The molecular formula is C12H13BrN2O4. The Bertz CT molecular complexity index is 508. The summed E-state index contributed by atoms with van der Waals surface area (Å²) in [6, 6.07) is 5.51. The number of aliphatic hydroxyl groups is 1. The van der Waals surface area contributed by atoms with E-state index in [0.717, 1.165) is 4.90 Å². The number of likely N-dealkylation sites (tertiary alicyclic amines) is 1. The minimum atomic E-state index is -1.11. The Balaban J connectivity index is 2.11. The lowest BCUT2D eigenvalue weighted by Gasteiger charge is -2.21. The number of carbonyl (C=O) groups excluding carboxylic acids is 1. The molecule has 1 heterocycles. The minimum Gasteiger partial charge on any atom is -0.480 e. The van der Waals surface area contributed by atoms with Crippen molar-refractivity contribution in [3.8, 4) is 0 Å². The van der Waals surface area contributed by atoms with Crippen LogP contribution >= 0.6 is 15.9 Å². The second kappa shape index (κ2) is 5.58. The number of aliphatic carboxylic acids is 1. The lowest BCUT2D eigenvalue weighted by Crippen LogP contribution is -2.43. The van der Waals surface area contributed by atoms with E-state index in [9.17, 15) is 14.7 Å². The fourth-order valence-corrected chi connectivity index (χ4v) is 2.41. The topological polar surface area (TPSA) is 89.9 Å². The van der Waals surface area contributed by atoms with Crippen molar-refractivity contribution in [3.63, 3.8) is 0 Å². The van der Waals surface area contributed by atoms with Crippen LogP contribution in [-0.2, 0) is 4.79 Å². The smallest absolute Gasteiger partial charge is 0.326 e. The number of para-hydroxylation sites is 1. The highest BCUT2D eigenvalue weighted by molar-refractivity contribution is 9.10. The van der Waals surface area contributed by atoms with Crippen LogP contribution in [0.15, 0.2) is 28.7 Å². The Hall–Kier alpha value is -1.60. The standard InChI is InChI=1S/C12H13BrN2O4/c13-8-3-1-2-4-9(8)14-12(19)15-6-7(16)5-10(15)11(17)18/h1-4,7,10,16H,5-6H2,(H,14,19)(H,17,18)/t7-,10+/m1/s1. The molecule has 6 nitrogen and oxygen atoms in total. The maximum absolute atomic E-state index is 12.0. The SMILES string of the molecule is O=C(O)[C@@H]1C[C@@H](O)CN1C(=O)Nc1ccccc1Br. The third-order valence-corrected chi connectivity index (χ3v) is 3.63. The van der Waals surface area contributed by atoms with E-state index < -0.39 is 24.1 Å². The van der Waals surface area contributed by atoms with Crippen LogP contribution in [0.5, 0.6) is 0 Å². The second-order valence-electron chi connectivity index (χ2n) is 4.31. The number of benzene rings is 1. The summed E-state index contributed by atoms with van der Waals surface area (Å²) in [6.07, 6.45) is -0.746. The number of rotatable bonds is 2. The molecule has 0 radical (unpaired) electrons. The van der Waals surface area contributed by atoms with Gasteiger partial charge < -0.3 is 20.4 Å². The average molecular weight is 329 g/mol. The lowest BCUT2D eigenvalue weighted by molar-refractivity contribution is -0.141. The van der Waals surface area contributed by atoms with Crippen molar-refractivity contribution in [1.29, 1.82) is 0 Å². The first-order chi connectivity index (χ1) is 8.99. The zero-order valence-corrected chi connectivity index (χ0v) is 11.5. The van der Waals surface area contributed by atoms with E-state index >= 15 is 0 Å². The molecule has 0 bridgehead atoms. The van der Waals surface area contributed by atoms with Crippen LogP contribution in [0.1, 0.15) is 6.42 Å². The Morgan fingerprint density at radius 3 is 2.68 bits per heavy atom. The first-order valence-corrected chi connectivity index (χ1v) is 6.51. The molecule has 0 aliphatic carbocycles. The second-order valence-corrected chi connectivity index (χ2v) is 5.16. The molecule has 7 heteroatoms. The van der Waals surface area contributed by atoms with Gasteiger partial charge in [-0.05, 0) is 28.1 Å². The molecule has 1 fully saturated rings. The van der Waals surface area contributed by atoms with Gasteiger partial charge in [-0.25, -0.2) is 9.59 Å². The molecule has 102 valence electrons. The number of anilines is 1. The van der Waals surface area contributed by atoms with Crippen molar-refractivity contribution in [2.45, 2.75) is 18.6 Å². The molecule has 19 heavy (non-hydrogen) atoms. The van der Waals surface area contributed by atoms with Crippen molar-refractivity contribution < 1.29 is 19.8 Å². The largest absolute Gasteiger partial charge is 0.480 e. The van der Waals surface area contributed by atoms with E-state index in [2.05, 4.69) is 21.2 Å². The van der Waals surface area contributed by atoms with Crippen LogP contribution in [0.2, 0.25) is 0 Å². The molecule has 2 amide bonds. The molecule has 0 unspecified atom stereocenters. The van der Waals surface area contributed by atoms with E-state index in [1.165, 1.54) is 0 Å². The molecule has 2 rings (SSSR count). The molecular weight excluding hydrogens is 316 g/mol. The Kier molecular flexibility index (Phi) is 4.06. The van der Waals surface area contributed by atoms with Crippen LogP contribution in [0.4, 0.5) is 10.5 Å². The molecule has 1 aliphatic heterocycles. The van der Waals surface area contributed by atoms with Crippen LogP contribution in [0, 0.1) is 0 Å². The van der Waals surface area contributed by atoms with Gasteiger partial charge >= 0.3 is 12.0 Å². The van der Waals surface area contributed by atoms with Gasteiger partial charge in [-0.3, -0.25) is 0 Å². The molecule has 1 aromatic rings. The van der Waals surface area contributed by atoms with Gasteiger partial charge in [-0.15, -0.1) is 0 Å². The van der Waals surface area contributed by atoms with Crippen LogP contribution < -0.4 is 5.32 Å². The van der Waals surface area contributed by atoms with Crippen molar-refractivity contribution in [1.82, 2.24) is 4.90 Å². The number of β-amino-alcohol motifs (C(OH)–C–C–N with tert-alkyl or cyclic N) is 1. The number of carboxylic acid groups (broad SMARTS) is 1. The zero-order valence-electron chi connectivity index (χ0n) is 9.91. The minimum absolute atomic E-state index is 0.0211. The van der Waals surface area contributed by atoms with Gasteiger partial charge in [-0.2, -0.15) is 0 Å². The summed E-state index contributed by atoms with van der Waals surface area (Å²) in [5.74, 6) is -1.11. The number of carbonyl (C=O) groups is 2. The van der Waals surface area contributed by atoms with Crippen LogP contribution in [0.3, 0.4) is 0 Å². The number of hydrogen-bond donors (Lipinski definition) is 3. The Morgan fingerprint density at radius 1 is 1.37 bits per heavy atom. The number of hydrogen-bond acceptors (Lipinski definition) is 3. The van der Waals surface area contributed by atoms with Gasteiger partial charge in [-0.1, -0.05) is 12.1 Å². The van der Waals surface area contributed by atoms with Crippen LogP contribution in [0.25, 0.3) is 0 Å². The maximum Gasteiger partial charge on any atom is 0.326 e. The molecule has 0 aromatic heterocycles. The van der Waals surface area contributed by atoms with Crippen LogP contribution in [-0.4, -0.2) is 45.8 Å². The summed E-state index contributed by atoms with van der Waals surface area (Å²) in [6.45, 7) is 0.0211. The number of nitrogens with one attached hydrogen (secondary N) is 1. The molecule has 0 saturated carbocycles. The summed E-state index contributed by atoms with van der Waals surface area (Å²) >= 11 is 3.29. The predicted molar refractivity (Wildman–Crippen MR) is 71.9 cm³/mol. The molecule has 3 N–H and O–H groups in total. The van der Waals surface area contributed by atoms with E-state index in [1.54, 1.807) is 24.3 Å². The van der Waals surface area contributed by atoms with Gasteiger partial charge in [0.15, 0.2) is 0 Å². The van der Waals surface area contributed by atoms with Gasteiger partial charge in [0.25, 0.3) is 0 Å². The fraction of sp³-hybridized carbons (Fsp3) is 0.333. The highest BCUT2D eigenvalue weighted by Crippen LogP contribution is 2.24. The molecule has 1 aromatic carbocycles.